The molecule has 3 heteroatoms. The Kier molecular flexibility index (Phi) is 5.82. The summed E-state index contributed by atoms with van der Waals surface area (Å²) in [7, 11) is 0. The van der Waals surface area contributed by atoms with Crippen LogP contribution in [0.15, 0.2) is 78.9 Å². The average Bonchev–Trinajstić information content (AvgIpc) is 2.67. The predicted octanol–water partition coefficient (Wildman–Crippen LogP) is 5.16. The molecule has 3 aromatic rings. The second-order valence-corrected chi connectivity index (χ2v) is 6.48. The molecular weight excluding hydrogens is 320 g/mol. The highest BCUT2D eigenvalue weighted by atomic mass is 16.1. The standard InChI is InChI=1S/C23H24N2O/c1-17(20-9-4-3-5-10-20)24-16-19-8-6-11-21(14-19)22-12-7-13-23(15-22)25-18(2)26/h3-15,17,24H,16H2,1-2H3,(H,25,26)/t17-/m1/s1. The van der Waals surface area contributed by atoms with Crippen molar-refractivity contribution >= 4 is 11.6 Å². The van der Waals surface area contributed by atoms with Crippen molar-refractivity contribution in [3.05, 3.63) is 90.0 Å². The van der Waals surface area contributed by atoms with Gasteiger partial charge in [0.1, 0.15) is 0 Å². The molecule has 0 unspecified atom stereocenters. The number of amides is 1. The van der Waals surface area contributed by atoms with Crippen LogP contribution in [0, 0.1) is 0 Å². The van der Waals surface area contributed by atoms with Crippen molar-refractivity contribution in [2.24, 2.45) is 0 Å². The zero-order chi connectivity index (χ0) is 18.4. The molecule has 0 saturated heterocycles. The van der Waals surface area contributed by atoms with E-state index >= 15 is 0 Å². The van der Waals surface area contributed by atoms with Crippen LogP contribution in [-0.2, 0) is 11.3 Å². The molecule has 0 bridgehead atoms. The Balaban J connectivity index is 1.71. The van der Waals surface area contributed by atoms with E-state index < -0.39 is 0 Å². The monoisotopic (exact) mass is 344 g/mol. The van der Waals surface area contributed by atoms with Crippen LogP contribution in [-0.4, -0.2) is 5.91 Å². The van der Waals surface area contributed by atoms with Gasteiger partial charge in [-0.25, -0.2) is 0 Å². The molecule has 2 N–H and O–H groups in total. The predicted molar refractivity (Wildman–Crippen MR) is 108 cm³/mol. The molecule has 0 heterocycles. The van der Waals surface area contributed by atoms with Crippen LogP contribution in [0.2, 0.25) is 0 Å². The van der Waals surface area contributed by atoms with Gasteiger partial charge in [-0.15, -0.1) is 0 Å². The molecule has 132 valence electrons. The van der Waals surface area contributed by atoms with Crippen molar-refractivity contribution in [2.45, 2.75) is 26.4 Å². The van der Waals surface area contributed by atoms with Crippen LogP contribution >= 0.6 is 0 Å². The third-order valence-corrected chi connectivity index (χ3v) is 4.36. The molecule has 0 aliphatic heterocycles. The quantitative estimate of drug-likeness (QED) is 0.648. The summed E-state index contributed by atoms with van der Waals surface area (Å²) in [6, 6.07) is 27.2. The van der Waals surface area contributed by atoms with E-state index in [4.69, 9.17) is 0 Å². The van der Waals surface area contributed by atoms with Gasteiger partial charge < -0.3 is 10.6 Å². The molecular formula is C23H24N2O. The van der Waals surface area contributed by atoms with Gasteiger partial charge >= 0.3 is 0 Å². The first-order valence-corrected chi connectivity index (χ1v) is 8.87. The fourth-order valence-electron chi connectivity index (χ4n) is 2.97. The SMILES string of the molecule is CC(=O)Nc1cccc(-c2cccc(CN[C@H](C)c3ccccc3)c2)c1. The lowest BCUT2D eigenvalue weighted by Crippen LogP contribution is -2.17. The lowest BCUT2D eigenvalue weighted by atomic mass is 10.0. The van der Waals surface area contributed by atoms with E-state index in [0.29, 0.717) is 6.04 Å². The Morgan fingerprint density at radius 3 is 2.31 bits per heavy atom. The number of carbonyl (C=O) groups is 1. The van der Waals surface area contributed by atoms with Crippen LogP contribution in [0.25, 0.3) is 11.1 Å². The Morgan fingerprint density at radius 1 is 0.885 bits per heavy atom. The number of anilines is 1. The van der Waals surface area contributed by atoms with Crippen LogP contribution in [0.1, 0.15) is 31.0 Å². The van der Waals surface area contributed by atoms with Gasteiger partial charge in [0.05, 0.1) is 0 Å². The maximum absolute atomic E-state index is 11.3. The summed E-state index contributed by atoms with van der Waals surface area (Å²) < 4.78 is 0. The van der Waals surface area contributed by atoms with E-state index in [0.717, 1.165) is 23.4 Å². The van der Waals surface area contributed by atoms with Crippen LogP contribution < -0.4 is 10.6 Å². The molecule has 26 heavy (non-hydrogen) atoms. The van der Waals surface area contributed by atoms with Gasteiger partial charge in [-0.05, 0) is 47.4 Å². The van der Waals surface area contributed by atoms with Crippen molar-refractivity contribution in [1.29, 1.82) is 0 Å². The number of hydrogen-bond donors (Lipinski definition) is 2. The number of hydrogen-bond acceptors (Lipinski definition) is 2. The third-order valence-electron chi connectivity index (χ3n) is 4.36. The van der Waals surface area contributed by atoms with Crippen molar-refractivity contribution in [1.82, 2.24) is 5.32 Å². The smallest absolute Gasteiger partial charge is 0.221 e. The Morgan fingerprint density at radius 2 is 1.58 bits per heavy atom. The maximum atomic E-state index is 11.3. The van der Waals surface area contributed by atoms with Crippen molar-refractivity contribution in [3.8, 4) is 11.1 Å². The zero-order valence-electron chi connectivity index (χ0n) is 15.2. The maximum Gasteiger partial charge on any atom is 0.221 e. The number of nitrogens with one attached hydrogen (secondary N) is 2. The molecule has 0 aromatic heterocycles. The summed E-state index contributed by atoms with van der Waals surface area (Å²) in [5.74, 6) is -0.0602. The van der Waals surface area contributed by atoms with Gasteiger partial charge in [0.15, 0.2) is 0 Å². The Labute approximate surface area is 155 Å². The first kappa shape index (κ1) is 17.9. The zero-order valence-corrected chi connectivity index (χ0v) is 15.2. The summed E-state index contributed by atoms with van der Waals surface area (Å²) in [5, 5.41) is 6.41. The lowest BCUT2D eigenvalue weighted by Gasteiger charge is -2.15. The summed E-state index contributed by atoms with van der Waals surface area (Å²) in [5.41, 5.74) is 5.57. The minimum Gasteiger partial charge on any atom is -0.326 e. The molecule has 0 saturated carbocycles. The van der Waals surface area contributed by atoms with Gasteiger partial charge in [0, 0.05) is 25.2 Å². The van der Waals surface area contributed by atoms with Gasteiger partial charge in [0.25, 0.3) is 0 Å². The summed E-state index contributed by atoms with van der Waals surface area (Å²) in [6.07, 6.45) is 0. The van der Waals surface area contributed by atoms with E-state index in [1.165, 1.54) is 18.1 Å². The summed E-state index contributed by atoms with van der Waals surface area (Å²) in [6.45, 7) is 4.50. The van der Waals surface area contributed by atoms with Crippen LogP contribution in [0.4, 0.5) is 5.69 Å². The first-order chi connectivity index (χ1) is 12.6. The minimum atomic E-state index is -0.0602. The minimum absolute atomic E-state index is 0.0602. The summed E-state index contributed by atoms with van der Waals surface area (Å²) in [4.78, 5) is 11.3. The van der Waals surface area contributed by atoms with Crippen molar-refractivity contribution < 1.29 is 4.79 Å². The first-order valence-electron chi connectivity index (χ1n) is 8.87. The second-order valence-electron chi connectivity index (χ2n) is 6.48. The van der Waals surface area contributed by atoms with Gasteiger partial charge in [-0.1, -0.05) is 60.7 Å². The average molecular weight is 344 g/mol. The van der Waals surface area contributed by atoms with Crippen molar-refractivity contribution in [2.75, 3.05) is 5.32 Å². The van der Waals surface area contributed by atoms with Gasteiger partial charge in [-0.3, -0.25) is 4.79 Å². The topological polar surface area (TPSA) is 41.1 Å². The molecule has 0 fully saturated rings. The Hall–Kier alpha value is -2.91. The second kappa shape index (κ2) is 8.45. The number of benzene rings is 3. The molecule has 1 atom stereocenters. The largest absolute Gasteiger partial charge is 0.326 e. The fraction of sp³-hybridized carbons (Fsp3) is 0.174. The number of carbonyl (C=O) groups excluding carboxylic acids is 1. The van der Waals surface area contributed by atoms with Crippen LogP contribution in [0.3, 0.4) is 0 Å². The third kappa shape index (κ3) is 4.80. The highest BCUT2D eigenvalue weighted by molar-refractivity contribution is 5.89. The van der Waals surface area contributed by atoms with E-state index in [9.17, 15) is 4.79 Å². The molecule has 3 rings (SSSR count). The van der Waals surface area contributed by atoms with Crippen LogP contribution in [0.5, 0.6) is 0 Å². The van der Waals surface area contributed by atoms with E-state index in [1.807, 2.05) is 24.3 Å². The van der Waals surface area contributed by atoms with E-state index in [-0.39, 0.29) is 5.91 Å². The fourth-order valence-corrected chi connectivity index (χ4v) is 2.97. The van der Waals surface area contributed by atoms with Crippen molar-refractivity contribution in [3.63, 3.8) is 0 Å². The number of rotatable bonds is 6. The molecule has 3 nitrogen and oxygen atoms in total. The molecule has 0 aliphatic rings. The molecule has 3 aromatic carbocycles. The highest BCUT2D eigenvalue weighted by Gasteiger charge is 2.05. The normalized spacial score (nSPS) is 11.8. The van der Waals surface area contributed by atoms with Gasteiger partial charge in [-0.2, -0.15) is 0 Å². The Bertz CT molecular complexity index is 874. The lowest BCUT2D eigenvalue weighted by molar-refractivity contribution is -0.114. The van der Waals surface area contributed by atoms with Gasteiger partial charge in [0.2, 0.25) is 5.91 Å². The molecule has 0 spiro atoms. The van der Waals surface area contributed by atoms with E-state index in [2.05, 4.69) is 72.2 Å². The highest BCUT2D eigenvalue weighted by Crippen LogP contribution is 2.24. The summed E-state index contributed by atoms with van der Waals surface area (Å²) >= 11 is 0. The molecule has 0 radical (unpaired) electrons. The molecule has 1 amide bonds. The van der Waals surface area contributed by atoms with E-state index in [1.54, 1.807) is 0 Å². The molecule has 0 aliphatic carbocycles.